The molecule has 7 heteroatoms. The van der Waals surface area contributed by atoms with Crippen LogP contribution in [0.4, 0.5) is 4.79 Å². The number of thiophene rings is 1. The summed E-state index contributed by atoms with van der Waals surface area (Å²) in [5.74, 6) is 0.712. The van der Waals surface area contributed by atoms with E-state index in [1.165, 1.54) is 0 Å². The van der Waals surface area contributed by atoms with Gasteiger partial charge in [-0.2, -0.15) is 0 Å². The van der Waals surface area contributed by atoms with Gasteiger partial charge in [0.25, 0.3) is 0 Å². The van der Waals surface area contributed by atoms with Crippen LogP contribution in [-0.4, -0.2) is 45.0 Å². The lowest BCUT2D eigenvalue weighted by molar-refractivity contribution is -0.107. The molecule has 0 radical (unpaired) electrons. The summed E-state index contributed by atoms with van der Waals surface area (Å²) in [7, 11) is -1.24. The topological polar surface area (TPSA) is 55.8 Å². The fourth-order valence-corrected chi connectivity index (χ4v) is 4.46. The van der Waals surface area contributed by atoms with Crippen LogP contribution in [0.5, 0.6) is 5.75 Å². The number of aldehydes is 1. The van der Waals surface area contributed by atoms with E-state index in [4.69, 9.17) is 9.47 Å². The molecule has 0 fully saturated rings. The highest BCUT2D eigenvalue weighted by Crippen LogP contribution is 2.30. The van der Waals surface area contributed by atoms with Crippen molar-refractivity contribution < 1.29 is 19.1 Å². The van der Waals surface area contributed by atoms with Gasteiger partial charge in [0.1, 0.15) is 18.1 Å². The predicted molar refractivity (Wildman–Crippen MR) is 125 cm³/mol. The molecule has 0 N–H and O–H groups in total. The molecule has 5 nitrogen and oxygen atoms in total. The third-order valence-electron chi connectivity index (χ3n) is 4.78. The molecule has 1 amide bonds. The average molecular weight is 448 g/mol. The smallest absolute Gasteiger partial charge is 0.409 e. The number of hydrogen-bond donors (Lipinski definition) is 0. The summed E-state index contributed by atoms with van der Waals surface area (Å²) in [6.07, 6.45) is 1.39. The Bertz CT molecular complexity index is 789. The molecule has 1 aromatic carbocycles. The summed E-state index contributed by atoms with van der Waals surface area (Å²) in [6, 6.07) is 12.6. The zero-order valence-corrected chi connectivity index (χ0v) is 20.2. The van der Waals surface area contributed by atoms with E-state index in [0.717, 1.165) is 22.8 Å². The van der Waals surface area contributed by atoms with Gasteiger partial charge >= 0.3 is 6.09 Å². The van der Waals surface area contributed by atoms with E-state index < -0.39 is 8.07 Å². The molecule has 0 spiro atoms. The molecule has 0 unspecified atom stereocenters. The molecule has 30 heavy (non-hydrogen) atoms. The minimum absolute atomic E-state index is 0.193. The van der Waals surface area contributed by atoms with E-state index in [1.54, 1.807) is 16.2 Å². The Morgan fingerprint density at radius 3 is 2.60 bits per heavy atom. The van der Waals surface area contributed by atoms with E-state index in [0.29, 0.717) is 38.3 Å². The number of benzene rings is 1. The number of ether oxygens (including phenoxy) is 2. The first kappa shape index (κ1) is 24.1. The highest BCUT2D eigenvalue weighted by Gasteiger charge is 2.21. The molecule has 0 aliphatic rings. The molecular formula is C23H33NO4SSi. The molecule has 1 atom stereocenters. The van der Waals surface area contributed by atoms with Crippen LogP contribution in [0, 0.1) is 0 Å². The molecule has 1 aromatic heterocycles. The van der Waals surface area contributed by atoms with Crippen LogP contribution in [0.25, 0.3) is 0 Å². The van der Waals surface area contributed by atoms with Crippen molar-refractivity contribution in [1.29, 1.82) is 0 Å². The Kier molecular flexibility index (Phi) is 9.59. The van der Waals surface area contributed by atoms with E-state index >= 15 is 0 Å². The normalized spacial score (nSPS) is 12.3. The Balaban J connectivity index is 2.03. The number of nitrogens with zero attached hydrogens (tertiary/aromatic N) is 1. The van der Waals surface area contributed by atoms with Gasteiger partial charge < -0.3 is 19.2 Å². The number of para-hydroxylation sites is 1. The van der Waals surface area contributed by atoms with Crippen molar-refractivity contribution in [2.45, 2.75) is 51.6 Å². The summed E-state index contributed by atoms with van der Waals surface area (Å²) in [5.41, 5.74) is 0.868. The van der Waals surface area contributed by atoms with Crippen LogP contribution >= 0.6 is 11.3 Å². The first-order chi connectivity index (χ1) is 14.3. The summed E-state index contributed by atoms with van der Waals surface area (Å²) in [4.78, 5) is 26.3. The number of rotatable bonds is 12. The molecule has 0 saturated heterocycles. The van der Waals surface area contributed by atoms with Crippen molar-refractivity contribution in [2.75, 3.05) is 19.7 Å². The second kappa shape index (κ2) is 11.9. The van der Waals surface area contributed by atoms with Crippen molar-refractivity contribution in [2.24, 2.45) is 0 Å². The molecule has 0 bridgehead atoms. The first-order valence-electron chi connectivity index (χ1n) is 10.5. The van der Waals surface area contributed by atoms with Gasteiger partial charge in [0, 0.05) is 44.4 Å². The second-order valence-electron chi connectivity index (χ2n) is 8.39. The highest BCUT2D eigenvalue weighted by molar-refractivity contribution is 7.10. The molecule has 2 aromatic rings. The summed E-state index contributed by atoms with van der Waals surface area (Å²) in [6.45, 7) is 10.4. The number of carbonyl (C=O) groups is 2. The summed E-state index contributed by atoms with van der Waals surface area (Å²) >= 11 is 1.63. The van der Waals surface area contributed by atoms with E-state index in [9.17, 15) is 9.59 Å². The van der Waals surface area contributed by atoms with E-state index in [1.807, 2.05) is 48.7 Å². The SMILES string of the molecule is CCN(CC[C@@H](Oc1ccccc1CC=O)c1cccs1)C(=O)OCC[Si](C)(C)C. The molecule has 0 saturated carbocycles. The van der Waals surface area contributed by atoms with Gasteiger partial charge in [0.2, 0.25) is 0 Å². The number of hydrogen-bond acceptors (Lipinski definition) is 5. The lowest BCUT2D eigenvalue weighted by Gasteiger charge is -2.25. The van der Waals surface area contributed by atoms with Gasteiger partial charge in [-0.3, -0.25) is 0 Å². The number of carbonyl (C=O) groups excluding carboxylic acids is 2. The summed E-state index contributed by atoms with van der Waals surface area (Å²) in [5, 5.41) is 2.02. The lowest BCUT2D eigenvalue weighted by Crippen LogP contribution is -2.34. The Morgan fingerprint density at radius 1 is 1.20 bits per heavy atom. The van der Waals surface area contributed by atoms with Crippen molar-refractivity contribution in [3.8, 4) is 5.75 Å². The predicted octanol–water partition coefficient (Wildman–Crippen LogP) is 5.80. The quantitative estimate of drug-likeness (QED) is 0.305. The fourth-order valence-electron chi connectivity index (χ4n) is 2.95. The summed E-state index contributed by atoms with van der Waals surface area (Å²) < 4.78 is 11.8. The third kappa shape index (κ3) is 7.95. The zero-order valence-electron chi connectivity index (χ0n) is 18.4. The van der Waals surface area contributed by atoms with Gasteiger partial charge in [-0.15, -0.1) is 11.3 Å². The van der Waals surface area contributed by atoms with E-state index in [-0.39, 0.29) is 12.2 Å². The van der Waals surface area contributed by atoms with Crippen LogP contribution in [0.2, 0.25) is 25.7 Å². The second-order valence-corrected chi connectivity index (χ2v) is 15.0. The van der Waals surface area contributed by atoms with Crippen LogP contribution in [-0.2, 0) is 16.0 Å². The van der Waals surface area contributed by atoms with Crippen molar-refractivity contribution in [1.82, 2.24) is 4.90 Å². The van der Waals surface area contributed by atoms with Gasteiger partial charge in [-0.1, -0.05) is 43.9 Å². The van der Waals surface area contributed by atoms with Crippen LogP contribution in [0.15, 0.2) is 41.8 Å². The largest absolute Gasteiger partial charge is 0.485 e. The lowest BCUT2D eigenvalue weighted by atomic mass is 10.1. The maximum Gasteiger partial charge on any atom is 0.409 e. The molecule has 164 valence electrons. The molecule has 2 rings (SSSR count). The molecule has 0 aliphatic carbocycles. The Hall–Kier alpha value is -2.12. The highest BCUT2D eigenvalue weighted by atomic mass is 32.1. The maximum absolute atomic E-state index is 12.5. The van der Waals surface area contributed by atoms with Crippen LogP contribution in [0.3, 0.4) is 0 Å². The van der Waals surface area contributed by atoms with Crippen molar-refractivity contribution in [3.63, 3.8) is 0 Å². The third-order valence-corrected chi connectivity index (χ3v) is 7.45. The Labute approximate surface area is 185 Å². The van der Waals surface area contributed by atoms with Gasteiger partial charge in [0.05, 0.1) is 6.61 Å². The molecule has 1 heterocycles. The standard InChI is InChI=1S/C23H33NO4SSi/c1-5-24(23(26)27-16-18-30(2,3)4)14-12-21(22-11-8-17-29-22)28-20-10-7-6-9-19(20)13-15-25/h6-11,15,17,21H,5,12-14,16,18H2,1-4H3/t21-/m1/s1. The minimum atomic E-state index is -1.24. The van der Waals surface area contributed by atoms with Gasteiger partial charge in [-0.05, 0) is 30.5 Å². The fraction of sp³-hybridized carbons (Fsp3) is 0.478. The van der Waals surface area contributed by atoms with Gasteiger partial charge in [0.15, 0.2) is 0 Å². The average Bonchev–Trinajstić information content (AvgIpc) is 3.22. The van der Waals surface area contributed by atoms with Gasteiger partial charge in [-0.25, -0.2) is 4.79 Å². The Morgan fingerprint density at radius 2 is 1.97 bits per heavy atom. The first-order valence-corrected chi connectivity index (χ1v) is 15.1. The van der Waals surface area contributed by atoms with Crippen LogP contribution in [0.1, 0.15) is 29.9 Å². The molecular weight excluding hydrogens is 414 g/mol. The minimum Gasteiger partial charge on any atom is -0.485 e. The molecule has 0 aliphatic heterocycles. The zero-order chi connectivity index (χ0) is 22.0. The monoisotopic (exact) mass is 447 g/mol. The van der Waals surface area contributed by atoms with E-state index in [2.05, 4.69) is 19.6 Å². The number of amides is 1. The maximum atomic E-state index is 12.5. The van der Waals surface area contributed by atoms with Crippen molar-refractivity contribution >= 4 is 31.8 Å². The van der Waals surface area contributed by atoms with Crippen molar-refractivity contribution in [3.05, 3.63) is 52.2 Å². The van der Waals surface area contributed by atoms with Crippen LogP contribution < -0.4 is 4.74 Å².